The van der Waals surface area contributed by atoms with Crippen molar-refractivity contribution in [3.05, 3.63) is 70.8 Å². The van der Waals surface area contributed by atoms with Crippen LogP contribution in [0.5, 0.6) is 0 Å². The third kappa shape index (κ3) is 2.31. The maximum Gasteiger partial charge on any atom is 0.0721 e. The van der Waals surface area contributed by atoms with Gasteiger partial charge in [0.05, 0.1) is 6.10 Å². The van der Waals surface area contributed by atoms with E-state index in [0.29, 0.717) is 17.9 Å². The van der Waals surface area contributed by atoms with E-state index < -0.39 is 0 Å². The predicted octanol–water partition coefficient (Wildman–Crippen LogP) is 4.20. The van der Waals surface area contributed by atoms with E-state index in [2.05, 4.69) is 62.4 Å². The van der Waals surface area contributed by atoms with E-state index in [1.165, 1.54) is 22.3 Å². The first-order chi connectivity index (χ1) is 9.20. The van der Waals surface area contributed by atoms with Gasteiger partial charge in [0.25, 0.3) is 0 Å². The van der Waals surface area contributed by atoms with Crippen LogP contribution in [0, 0.1) is 13.8 Å². The molecule has 19 heavy (non-hydrogen) atoms. The van der Waals surface area contributed by atoms with Crippen molar-refractivity contribution in [1.82, 2.24) is 0 Å². The number of methoxy groups -OCH3 is 1. The molecule has 2 aromatic carbocycles. The molecule has 1 aliphatic carbocycles. The Labute approximate surface area is 115 Å². The van der Waals surface area contributed by atoms with E-state index in [-0.39, 0.29) is 0 Å². The first-order valence-corrected chi connectivity index (χ1v) is 6.86. The number of benzene rings is 2. The smallest absolute Gasteiger partial charge is 0.0721 e. The van der Waals surface area contributed by atoms with Crippen LogP contribution < -0.4 is 0 Å². The molecule has 1 nitrogen and oxygen atoms in total. The largest absolute Gasteiger partial charge is 0.380 e. The Kier molecular flexibility index (Phi) is 3.16. The SMILES string of the molecule is COC1[C@@H](c2ccc(C)cc2)[C@@H]1c1ccc(C)cc1. The molecule has 0 spiro atoms. The third-order valence-corrected chi connectivity index (χ3v) is 4.15. The number of hydrogen-bond acceptors (Lipinski definition) is 1. The summed E-state index contributed by atoms with van der Waals surface area (Å²) in [6.45, 7) is 4.25. The fourth-order valence-electron chi connectivity index (χ4n) is 2.95. The van der Waals surface area contributed by atoms with Crippen molar-refractivity contribution in [2.75, 3.05) is 7.11 Å². The molecular weight excluding hydrogens is 232 g/mol. The first kappa shape index (κ1) is 12.4. The van der Waals surface area contributed by atoms with Crippen molar-refractivity contribution in [1.29, 1.82) is 0 Å². The molecule has 0 saturated heterocycles. The van der Waals surface area contributed by atoms with E-state index in [1.54, 1.807) is 0 Å². The topological polar surface area (TPSA) is 9.23 Å². The van der Waals surface area contributed by atoms with Crippen LogP contribution in [-0.4, -0.2) is 13.2 Å². The van der Waals surface area contributed by atoms with E-state index in [0.717, 1.165) is 0 Å². The summed E-state index contributed by atoms with van der Waals surface area (Å²) in [6.07, 6.45) is 0.324. The quantitative estimate of drug-likeness (QED) is 0.795. The zero-order valence-electron chi connectivity index (χ0n) is 11.8. The molecule has 0 amide bonds. The molecule has 0 N–H and O–H groups in total. The molecule has 0 bridgehead atoms. The molecule has 2 atom stereocenters. The summed E-state index contributed by atoms with van der Waals surface area (Å²) in [5.74, 6) is 1.02. The van der Waals surface area contributed by atoms with E-state index in [1.807, 2.05) is 7.11 Å². The highest BCUT2D eigenvalue weighted by Gasteiger charge is 2.52. The summed E-state index contributed by atoms with van der Waals surface area (Å²) < 4.78 is 5.66. The molecule has 1 aliphatic rings. The van der Waals surface area contributed by atoms with Crippen LogP contribution in [0.1, 0.15) is 34.1 Å². The molecule has 0 heterocycles. The highest BCUT2D eigenvalue weighted by Crippen LogP contribution is 2.56. The number of aryl methyl sites for hydroxylation is 2. The van der Waals surface area contributed by atoms with E-state index in [9.17, 15) is 0 Å². The summed E-state index contributed by atoms with van der Waals surface area (Å²) in [7, 11) is 1.82. The van der Waals surface area contributed by atoms with Crippen LogP contribution in [0.4, 0.5) is 0 Å². The number of rotatable bonds is 3. The molecular formula is C18H20O. The lowest BCUT2D eigenvalue weighted by Gasteiger charge is -2.02. The Morgan fingerprint density at radius 2 is 1.05 bits per heavy atom. The number of hydrogen-bond donors (Lipinski definition) is 0. The van der Waals surface area contributed by atoms with Gasteiger partial charge in [-0.15, -0.1) is 0 Å². The molecule has 1 saturated carbocycles. The van der Waals surface area contributed by atoms with Crippen LogP contribution >= 0.6 is 0 Å². The second-order valence-electron chi connectivity index (χ2n) is 5.57. The van der Waals surface area contributed by atoms with Gasteiger partial charge in [0.1, 0.15) is 0 Å². The molecule has 2 aromatic rings. The fraction of sp³-hybridized carbons (Fsp3) is 0.333. The van der Waals surface area contributed by atoms with Crippen LogP contribution in [0.3, 0.4) is 0 Å². The fourth-order valence-corrected chi connectivity index (χ4v) is 2.95. The van der Waals surface area contributed by atoms with Gasteiger partial charge in [0.15, 0.2) is 0 Å². The first-order valence-electron chi connectivity index (χ1n) is 6.86. The molecule has 0 aromatic heterocycles. The third-order valence-electron chi connectivity index (χ3n) is 4.15. The summed E-state index contributed by atoms with van der Waals surface area (Å²) >= 11 is 0. The Hall–Kier alpha value is -1.60. The lowest BCUT2D eigenvalue weighted by Crippen LogP contribution is -1.91. The van der Waals surface area contributed by atoms with Crippen molar-refractivity contribution in [3.8, 4) is 0 Å². The summed E-state index contributed by atoms with van der Waals surface area (Å²) in [4.78, 5) is 0. The van der Waals surface area contributed by atoms with Gasteiger partial charge < -0.3 is 4.74 Å². The maximum atomic E-state index is 5.66. The van der Waals surface area contributed by atoms with Crippen molar-refractivity contribution >= 4 is 0 Å². The minimum atomic E-state index is 0.324. The monoisotopic (exact) mass is 252 g/mol. The standard InChI is InChI=1S/C18H20O/c1-12-4-8-14(9-5-12)16-17(18(16)19-3)15-10-6-13(2)7-11-15/h4-11,16-18H,1-3H3/t16-,17-/m0/s1. The molecule has 98 valence electrons. The van der Waals surface area contributed by atoms with Gasteiger partial charge in [-0.05, 0) is 25.0 Å². The lowest BCUT2D eigenvalue weighted by atomic mass is 10.0. The Bertz CT molecular complexity index is 502. The molecule has 0 radical (unpaired) electrons. The van der Waals surface area contributed by atoms with Gasteiger partial charge in [-0.3, -0.25) is 0 Å². The summed E-state index contributed by atoms with van der Waals surface area (Å²) in [6, 6.07) is 17.7. The van der Waals surface area contributed by atoms with Gasteiger partial charge in [-0.2, -0.15) is 0 Å². The van der Waals surface area contributed by atoms with Crippen LogP contribution in [0.15, 0.2) is 48.5 Å². The molecule has 1 fully saturated rings. The minimum absolute atomic E-state index is 0.324. The normalized spacial score (nSPS) is 25.3. The Morgan fingerprint density at radius 1 is 0.684 bits per heavy atom. The minimum Gasteiger partial charge on any atom is -0.380 e. The summed E-state index contributed by atoms with van der Waals surface area (Å²) in [5, 5.41) is 0. The van der Waals surface area contributed by atoms with E-state index >= 15 is 0 Å². The predicted molar refractivity (Wildman–Crippen MR) is 78.6 cm³/mol. The van der Waals surface area contributed by atoms with E-state index in [4.69, 9.17) is 4.74 Å². The summed E-state index contributed by atoms with van der Waals surface area (Å²) in [5.41, 5.74) is 5.40. The Morgan fingerprint density at radius 3 is 1.37 bits per heavy atom. The zero-order valence-corrected chi connectivity index (χ0v) is 11.8. The second kappa shape index (κ2) is 4.82. The average Bonchev–Trinajstić information content (AvgIpc) is 3.15. The second-order valence-corrected chi connectivity index (χ2v) is 5.57. The van der Waals surface area contributed by atoms with Crippen molar-refractivity contribution in [2.24, 2.45) is 0 Å². The van der Waals surface area contributed by atoms with Gasteiger partial charge in [0.2, 0.25) is 0 Å². The maximum absolute atomic E-state index is 5.66. The van der Waals surface area contributed by atoms with Crippen molar-refractivity contribution in [3.63, 3.8) is 0 Å². The van der Waals surface area contributed by atoms with Crippen molar-refractivity contribution in [2.45, 2.75) is 31.8 Å². The highest BCUT2D eigenvalue weighted by atomic mass is 16.5. The van der Waals surface area contributed by atoms with Gasteiger partial charge in [-0.25, -0.2) is 0 Å². The average molecular weight is 252 g/mol. The highest BCUT2D eigenvalue weighted by molar-refractivity contribution is 5.41. The number of ether oxygens (including phenoxy) is 1. The van der Waals surface area contributed by atoms with Crippen LogP contribution in [0.2, 0.25) is 0 Å². The zero-order chi connectivity index (χ0) is 13.4. The molecule has 1 heteroatoms. The lowest BCUT2D eigenvalue weighted by molar-refractivity contribution is 0.173. The van der Waals surface area contributed by atoms with Crippen molar-refractivity contribution < 1.29 is 4.74 Å². The van der Waals surface area contributed by atoms with Gasteiger partial charge in [-0.1, -0.05) is 59.7 Å². The van der Waals surface area contributed by atoms with Crippen LogP contribution in [0.25, 0.3) is 0 Å². The van der Waals surface area contributed by atoms with Crippen LogP contribution in [-0.2, 0) is 4.74 Å². The molecule has 0 aliphatic heterocycles. The van der Waals surface area contributed by atoms with Gasteiger partial charge >= 0.3 is 0 Å². The van der Waals surface area contributed by atoms with Gasteiger partial charge in [0, 0.05) is 18.9 Å². The Balaban J connectivity index is 1.87. The molecule has 3 rings (SSSR count). The molecule has 0 unspecified atom stereocenters.